The number of piperidine rings is 1. The number of likely N-dealkylation sites (tertiary alicyclic amines) is 1. The number of carbonyl (C=O) groups excluding carboxylic acids is 2. The molecule has 0 bridgehead atoms. The van der Waals surface area contributed by atoms with Crippen LogP contribution in [0, 0.1) is 5.92 Å². The van der Waals surface area contributed by atoms with Crippen molar-refractivity contribution in [3.63, 3.8) is 0 Å². The maximum Gasteiger partial charge on any atom is 0.412 e. The molecule has 2 aromatic carbocycles. The Bertz CT molecular complexity index is 844. The zero-order chi connectivity index (χ0) is 21.6. The molecule has 2 aromatic rings. The van der Waals surface area contributed by atoms with Crippen LogP contribution < -0.4 is 10.6 Å². The quantitative estimate of drug-likeness (QED) is 0.738. The molecule has 6 nitrogen and oxygen atoms in total. The van der Waals surface area contributed by atoms with E-state index in [0.717, 1.165) is 38.2 Å². The van der Waals surface area contributed by atoms with Crippen LogP contribution in [-0.2, 0) is 16.1 Å². The van der Waals surface area contributed by atoms with Crippen LogP contribution in [0.2, 0.25) is 0 Å². The molecule has 1 saturated heterocycles. The lowest BCUT2D eigenvalue weighted by Crippen LogP contribution is -2.40. The summed E-state index contributed by atoms with van der Waals surface area (Å²) in [5.41, 5.74) is 2.06. The molecular weight excluding hydrogens is 378 g/mol. The van der Waals surface area contributed by atoms with E-state index in [-0.39, 0.29) is 11.8 Å². The van der Waals surface area contributed by atoms with Gasteiger partial charge in [-0.05, 0) is 70.0 Å². The summed E-state index contributed by atoms with van der Waals surface area (Å²) in [7, 11) is 0. The van der Waals surface area contributed by atoms with Gasteiger partial charge in [-0.1, -0.05) is 30.3 Å². The Balaban J connectivity index is 1.50. The van der Waals surface area contributed by atoms with Crippen LogP contribution in [0.5, 0.6) is 0 Å². The zero-order valence-corrected chi connectivity index (χ0v) is 18.0. The average Bonchev–Trinajstić information content (AvgIpc) is 2.69. The third-order valence-corrected chi connectivity index (χ3v) is 4.92. The number of nitrogens with zero attached hydrogens (tertiary/aromatic N) is 1. The molecule has 2 amide bonds. The fraction of sp³-hybridized carbons (Fsp3) is 0.417. The van der Waals surface area contributed by atoms with Crippen LogP contribution in [0.25, 0.3) is 0 Å². The molecule has 3 rings (SSSR count). The van der Waals surface area contributed by atoms with Crippen LogP contribution in [0.4, 0.5) is 16.2 Å². The normalized spacial score (nSPS) is 17.2. The lowest BCUT2D eigenvalue weighted by Gasteiger charge is -2.32. The SMILES string of the molecule is CC(C)(C)OC(=O)Nc1ccc(NC(=O)C2CCCN(Cc3ccccc3)C2)cc1. The van der Waals surface area contributed by atoms with E-state index in [1.54, 1.807) is 24.3 Å². The molecule has 1 unspecified atom stereocenters. The van der Waals surface area contributed by atoms with Crippen molar-refractivity contribution in [3.05, 3.63) is 60.2 Å². The van der Waals surface area contributed by atoms with Gasteiger partial charge in [-0.3, -0.25) is 15.0 Å². The molecule has 2 N–H and O–H groups in total. The van der Waals surface area contributed by atoms with E-state index in [2.05, 4.69) is 27.7 Å². The largest absolute Gasteiger partial charge is 0.444 e. The van der Waals surface area contributed by atoms with Gasteiger partial charge in [0.05, 0.1) is 5.92 Å². The molecule has 1 atom stereocenters. The van der Waals surface area contributed by atoms with Crippen molar-refractivity contribution >= 4 is 23.4 Å². The number of hydrogen-bond acceptors (Lipinski definition) is 4. The highest BCUT2D eigenvalue weighted by molar-refractivity contribution is 5.93. The third-order valence-electron chi connectivity index (χ3n) is 4.92. The lowest BCUT2D eigenvalue weighted by molar-refractivity contribution is -0.121. The van der Waals surface area contributed by atoms with Crippen molar-refractivity contribution in [2.75, 3.05) is 23.7 Å². The molecule has 1 fully saturated rings. The molecule has 6 heteroatoms. The fourth-order valence-electron chi connectivity index (χ4n) is 3.56. The summed E-state index contributed by atoms with van der Waals surface area (Å²) >= 11 is 0. The minimum atomic E-state index is -0.549. The maximum atomic E-state index is 12.8. The summed E-state index contributed by atoms with van der Waals surface area (Å²) in [6, 6.07) is 17.4. The smallest absolute Gasteiger partial charge is 0.412 e. The van der Waals surface area contributed by atoms with Crippen molar-refractivity contribution in [2.45, 2.75) is 45.8 Å². The molecule has 160 valence electrons. The van der Waals surface area contributed by atoms with E-state index in [4.69, 9.17) is 4.74 Å². The van der Waals surface area contributed by atoms with Gasteiger partial charge in [-0.15, -0.1) is 0 Å². The van der Waals surface area contributed by atoms with Gasteiger partial charge in [0.25, 0.3) is 0 Å². The molecule has 1 aliphatic rings. The maximum absolute atomic E-state index is 12.8. The Hall–Kier alpha value is -2.86. The number of carbonyl (C=O) groups is 2. The number of anilines is 2. The predicted molar refractivity (Wildman–Crippen MR) is 119 cm³/mol. The average molecular weight is 410 g/mol. The lowest BCUT2D eigenvalue weighted by atomic mass is 9.96. The highest BCUT2D eigenvalue weighted by Gasteiger charge is 2.26. The van der Waals surface area contributed by atoms with Crippen LogP contribution >= 0.6 is 0 Å². The second kappa shape index (κ2) is 9.76. The minimum Gasteiger partial charge on any atom is -0.444 e. The standard InChI is InChI=1S/C24H31N3O3/c1-24(2,3)30-23(29)26-21-13-11-20(12-14-21)25-22(28)19-10-7-15-27(17-19)16-18-8-5-4-6-9-18/h4-6,8-9,11-14,19H,7,10,15-17H2,1-3H3,(H,25,28)(H,26,29). The summed E-state index contributed by atoms with van der Waals surface area (Å²) in [5.74, 6) is 0.0163. The van der Waals surface area contributed by atoms with Gasteiger partial charge in [0.1, 0.15) is 5.60 Å². The Labute approximate surface area is 178 Å². The monoisotopic (exact) mass is 409 g/mol. The first-order valence-corrected chi connectivity index (χ1v) is 10.5. The second-order valence-corrected chi connectivity index (χ2v) is 8.75. The van der Waals surface area contributed by atoms with Crippen LogP contribution in [0.3, 0.4) is 0 Å². The van der Waals surface area contributed by atoms with Crippen molar-refractivity contribution in [1.29, 1.82) is 0 Å². The summed E-state index contributed by atoms with van der Waals surface area (Å²) in [6.07, 6.45) is 1.42. The molecule has 0 aliphatic carbocycles. The molecule has 1 heterocycles. The molecule has 0 aromatic heterocycles. The first-order valence-electron chi connectivity index (χ1n) is 10.5. The van der Waals surface area contributed by atoms with Gasteiger partial charge in [-0.25, -0.2) is 4.79 Å². The van der Waals surface area contributed by atoms with Gasteiger partial charge in [0.2, 0.25) is 5.91 Å². The van der Waals surface area contributed by atoms with E-state index in [1.807, 2.05) is 39.0 Å². The van der Waals surface area contributed by atoms with Crippen molar-refractivity contribution in [2.24, 2.45) is 5.92 Å². The molecule has 30 heavy (non-hydrogen) atoms. The van der Waals surface area contributed by atoms with Gasteiger partial charge < -0.3 is 10.1 Å². The topological polar surface area (TPSA) is 70.7 Å². The molecular formula is C24H31N3O3. The van der Waals surface area contributed by atoms with Gasteiger partial charge in [-0.2, -0.15) is 0 Å². The Morgan fingerprint density at radius 2 is 1.63 bits per heavy atom. The van der Waals surface area contributed by atoms with Crippen LogP contribution in [0.15, 0.2) is 54.6 Å². The van der Waals surface area contributed by atoms with Crippen molar-refractivity contribution in [1.82, 2.24) is 4.90 Å². The number of nitrogens with one attached hydrogen (secondary N) is 2. The number of hydrogen-bond donors (Lipinski definition) is 2. The molecule has 0 saturated carbocycles. The molecule has 0 radical (unpaired) electrons. The molecule has 1 aliphatic heterocycles. The van der Waals surface area contributed by atoms with Crippen LogP contribution in [-0.4, -0.2) is 35.6 Å². The number of ether oxygens (including phenoxy) is 1. The van der Waals surface area contributed by atoms with E-state index >= 15 is 0 Å². The number of benzene rings is 2. The Morgan fingerprint density at radius 3 is 2.27 bits per heavy atom. The van der Waals surface area contributed by atoms with E-state index in [0.29, 0.717) is 5.69 Å². The predicted octanol–water partition coefficient (Wildman–Crippen LogP) is 4.88. The highest BCUT2D eigenvalue weighted by atomic mass is 16.6. The number of rotatable bonds is 5. The summed E-state index contributed by atoms with van der Waals surface area (Å²) in [6.45, 7) is 8.10. The fourth-order valence-corrected chi connectivity index (χ4v) is 3.56. The summed E-state index contributed by atoms with van der Waals surface area (Å²) in [5, 5.41) is 5.70. The third kappa shape index (κ3) is 6.88. The molecule has 0 spiro atoms. The highest BCUT2D eigenvalue weighted by Crippen LogP contribution is 2.21. The van der Waals surface area contributed by atoms with E-state index in [1.165, 1.54) is 5.56 Å². The van der Waals surface area contributed by atoms with E-state index in [9.17, 15) is 9.59 Å². The second-order valence-electron chi connectivity index (χ2n) is 8.75. The van der Waals surface area contributed by atoms with Crippen molar-refractivity contribution < 1.29 is 14.3 Å². The summed E-state index contributed by atoms with van der Waals surface area (Å²) in [4.78, 5) is 27.0. The van der Waals surface area contributed by atoms with Gasteiger partial charge in [0, 0.05) is 24.5 Å². The summed E-state index contributed by atoms with van der Waals surface area (Å²) < 4.78 is 5.24. The Morgan fingerprint density at radius 1 is 1.00 bits per heavy atom. The van der Waals surface area contributed by atoms with Gasteiger partial charge >= 0.3 is 6.09 Å². The van der Waals surface area contributed by atoms with Crippen LogP contribution in [0.1, 0.15) is 39.2 Å². The number of amides is 2. The zero-order valence-electron chi connectivity index (χ0n) is 18.0. The Kier molecular flexibility index (Phi) is 7.11. The van der Waals surface area contributed by atoms with Crippen molar-refractivity contribution in [3.8, 4) is 0 Å². The first-order chi connectivity index (χ1) is 14.3. The minimum absolute atomic E-state index is 0.0259. The van der Waals surface area contributed by atoms with E-state index < -0.39 is 11.7 Å². The first kappa shape index (κ1) is 21.8. The van der Waals surface area contributed by atoms with Gasteiger partial charge in [0.15, 0.2) is 0 Å².